The molecule has 17 heavy (non-hydrogen) atoms. The third-order valence-corrected chi connectivity index (χ3v) is 2.69. The van der Waals surface area contributed by atoms with E-state index in [1.54, 1.807) is 0 Å². The van der Waals surface area contributed by atoms with Gasteiger partial charge in [-0.2, -0.15) is 13.2 Å². The molecule has 0 aliphatic heterocycles. The Labute approximate surface area is 96.4 Å². The highest BCUT2D eigenvalue weighted by atomic mass is 19.4. The van der Waals surface area contributed by atoms with Crippen LogP contribution in [0.4, 0.5) is 13.2 Å². The third-order valence-electron chi connectivity index (χ3n) is 2.69. The minimum Gasteiger partial charge on any atom is -0.483 e. The van der Waals surface area contributed by atoms with E-state index in [1.807, 2.05) is 0 Å². The van der Waals surface area contributed by atoms with E-state index in [1.165, 1.54) is 12.1 Å². The van der Waals surface area contributed by atoms with Crippen molar-refractivity contribution in [3.8, 4) is 5.75 Å². The van der Waals surface area contributed by atoms with E-state index in [0.717, 1.165) is 18.6 Å². The summed E-state index contributed by atoms with van der Waals surface area (Å²) in [5, 5.41) is 0. The summed E-state index contributed by atoms with van der Waals surface area (Å²) >= 11 is 0. The number of ketones is 1. The normalized spacial score (nSPS) is 20.6. The van der Waals surface area contributed by atoms with Crippen LogP contribution in [0.15, 0.2) is 24.3 Å². The Morgan fingerprint density at radius 3 is 2.65 bits per heavy atom. The van der Waals surface area contributed by atoms with Crippen molar-refractivity contribution in [1.82, 2.24) is 0 Å². The first-order valence-electron chi connectivity index (χ1n) is 5.33. The van der Waals surface area contributed by atoms with E-state index < -0.39 is 17.8 Å². The smallest absolute Gasteiger partial charge is 0.416 e. The van der Waals surface area contributed by atoms with Gasteiger partial charge in [-0.1, -0.05) is 6.07 Å². The molecule has 0 heterocycles. The maximum absolute atomic E-state index is 12.4. The number of Topliss-reactive ketones (excluding diaryl/α,β-unsaturated/α-hetero) is 1. The molecule has 1 aliphatic carbocycles. The molecule has 0 amide bonds. The lowest BCUT2D eigenvalue weighted by molar-refractivity contribution is -0.137. The molecule has 0 spiro atoms. The number of carbonyl (C=O) groups excluding carboxylic acids is 1. The van der Waals surface area contributed by atoms with Gasteiger partial charge in [0.2, 0.25) is 0 Å². The molecule has 5 heteroatoms. The predicted octanol–water partition coefficient (Wildman–Crippen LogP) is 3.21. The molecule has 1 aromatic rings. The van der Waals surface area contributed by atoms with Crippen LogP contribution in [0.3, 0.4) is 0 Å². The number of alkyl halides is 3. The number of rotatable bonds is 2. The van der Waals surface area contributed by atoms with E-state index in [-0.39, 0.29) is 11.5 Å². The summed E-state index contributed by atoms with van der Waals surface area (Å²) in [6, 6.07) is 4.60. The van der Waals surface area contributed by atoms with Crippen molar-refractivity contribution >= 4 is 5.78 Å². The van der Waals surface area contributed by atoms with Gasteiger partial charge in [0.25, 0.3) is 0 Å². The SMILES string of the molecule is O=C1CCCC1Oc1cccc(C(F)(F)F)c1. The van der Waals surface area contributed by atoms with Crippen molar-refractivity contribution in [2.45, 2.75) is 31.5 Å². The zero-order valence-corrected chi connectivity index (χ0v) is 8.96. The number of hydrogen-bond acceptors (Lipinski definition) is 2. The average Bonchev–Trinajstić information content (AvgIpc) is 2.64. The summed E-state index contributed by atoms with van der Waals surface area (Å²) in [5.41, 5.74) is -0.763. The van der Waals surface area contributed by atoms with E-state index in [9.17, 15) is 18.0 Å². The van der Waals surface area contributed by atoms with Gasteiger partial charge in [0.1, 0.15) is 5.75 Å². The van der Waals surface area contributed by atoms with Crippen molar-refractivity contribution in [2.75, 3.05) is 0 Å². The van der Waals surface area contributed by atoms with E-state index in [4.69, 9.17) is 4.74 Å². The molecule has 2 rings (SSSR count). The van der Waals surface area contributed by atoms with Gasteiger partial charge >= 0.3 is 6.18 Å². The van der Waals surface area contributed by atoms with Crippen LogP contribution in [-0.4, -0.2) is 11.9 Å². The molecule has 1 saturated carbocycles. The van der Waals surface area contributed by atoms with Crippen LogP contribution >= 0.6 is 0 Å². The monoisotopic (exact) mass is 244 g/mol. The Kier molecular flexibility index (Phi) is 3.09. The van der Waals surface area contributed by atoms with Gasteiger partial charge in [0.05, 0.1) is 5.56 Å². The van der Waals surface area contributed by atoms with Crippen molar-refractivity contribution in [3.63, 3.8) is 0 Å². The Bertz CT molecular complexity index is 426. The van der Waals surface area contributed by atoms with Gasteiger partial charge in [-0.05, 0) is 31.0 Å². The van der Waals surface area contributed by atoms with Gasteiger partial charge in [-0.15, -0.1) is 0 Å². The number of benzene rings is 1. The second kappa shape index (κ2) is 4.39. The van der Waals surface area contributed by atoms with E-state index in [2.05, 4.69) is 0 Å². The molecule has 0 N–H and O–H groups in total. The standard InChI is InChI=1S/C12H11F3O2/c13-12(14,15)8-3-1-4-9(7-8)17-11-6-2-5-10(11)16/h1,3-4,7,11H,2,5-6H2. The summed E-state index contributed by atoms with van der Waals surface area (Å²) in [7, 11) is 0. The van der Waals surface area contributed by atoms with Crippen molar-refractivity contribution in [1.29, 1.82) is 0 Å². The van der Waals surface area contributed by atoms with Crippen molar-refractivity contribution in [2.24, 2.45) is 0 Å². The maximum atomic E-state index is 12.4. The highest BCUT2D eigenvalue weighted by Gasteiger charge is 2.31. The lowest BCUT2D eigenvalue weighted by Gasteiger charge is -2.13. The topological polar surface area (TPSA) is 26.3 Å². The Morgan fingerprint density at radius 2 is 2.06 bits per heavy atom. The maximum Gasteiger partial charge on any atom is 0.416 e. The third kappa shape index (κ3) is 2.78. The summed E-state index contributed by atoms with van der Waals surface area (Å²) in [6.07, 6.45) is -3.21. The summed E-state index contributed by atoms with van der Waals surface area (Å²) < 4.78 is 42.6. The van der Waals surface area contributed by atoms with Crippen molar-refractivity contribution < 1.29 is 22.7 Å². The molecule has 1 aromatic carbocycles. The Morgan fingerprint density at radius 1 is 1.29 bits per heavy atom. The molecule has 0 saturated heterocycles. The minimum absolute atomic E-state index is 0.0394. The molecule has 0 aromatic heterocycles. The van der Waals surface area contributed by atoms with Gasteiger partial charge in [-0.25, -0.2) is 0 Å². The number of halogens is 3. The van der Waals surface area contributed by atoms with Crippen LogP contribution in [0.1, 0.15) is 24.8 Å². The lowest BCUT2D eigenvalue weighted by atomic mass is 10.2. The van der Waals surface area contributed by atoms with E-state index >= 15 is 0 Å². The van der Waals surface area contributed by atoms with Crippen LogP contribution < -0.4 is 4.74 Å². The first-order chi connectivity index (χ1) is 7.97. The summed E-state index contributed by atoms with van der Waals surface area (Å²) in [6.45, 7) is 0. The molecule has 1 aliphatic rings. The highest BCUT2D eigenvalue weighted by Crippen LogP contribution is 2.32. The molecule has 0 radical (unpaired) electrons. The fourth-order valence-corrected chi connectivity index (χ4v) is 1.82. The molecule has 1 unspecified atom stereocenters. The predicted molar refractivity (Wildman–Crippen MR) is 54.7 cm³/mol. The summed E-state index contributed by atoms with van der Waals surface area (Å²) in [5.74, 6) is 0.0579. The number of hydrogen-bond donors (Lipinski definition) is 0. The first kappa shape index (κ1) is 12.0. The number of carbonyl (C=O) groups is 1. The average molecular weight is 244 g/mol. The van der Waals surface area contributed by atoms with E-state index in [0.29, 0.717) is 12.8 Å². The van der Waals surface area contributed by atoms with Crippen LogP contribution in [-0.2, 0) is 11.0 Å². The van der Waals surface area contributed by atoms with Gasteiger partial charge in [0.15, 0.2) is 11.9 Å². The summed E-state index contributed by atoms with van der Waals surface area (Å²) in [4.78, 5) is 11.3. The van der Waals surface area contributed by atoms with Crippen LogP contribution in [0.2, 0.25) is 0 Å². The second-order valence-electron chi connectivity index (χ2n) is 3.99. The zero-order chi connectivity index (χ0) is 12.5. The fraction of sp³-hybridized carbons (Fsp3) is 0.417. The Hall–Kier alpha value is -1.52. The molecule has 2 nitrogen and oxygen atoms in total. The van der Waals surface area contributed by atoms with Gasteiger partial charge in [0, 0.05) is 6.42 Å². The largest absolute Gasteiger partial charge is 0.483 e. The molecule has 0 bridgehead atoms. The van der Waals surface area contributed by atoms with Crippen LogP contribution in [0.5, 0.6) is 5.75 Å². The quantitative estimate of drug-likeness (QED) is 0.798. The van der Waals surface area contributed by atoms with Crippen LogP contribution in [0, 0.1) is 0 Å². The van der Waals surface area contributed by atoms with Crippen LogP contribution in [0.25, 0.3) is 0 Å². The Balaban J connectivity index is 2.14. The second-order valence-corrected chi connectivity index (χ2v) is 3.99. The molecule has 1 fully saturated rings. The van der Waals surface area contributed by atoms with Gasteiger partial charge < -0.3 is 4.74 Å². The zero-order valence-electron chi connectivity index (χ0n) is 8.96. The first-order valence-corrected chi connectivity index (χ1v) is 5.33. The molecular weight excluding hydrogens is 233 g/mol. The minimum atomic E-state index is -4.39. The molecular formula is C12H11F3O2. The fourth-order valence-electron chi connectivity index (χ4n) is 1.82. The molecule has 92 valence electrons. The number of ether oxygens (including phenoxy) is 1. The lowest BCUT2D eigenvalue weighted by Crippen LogP contribution is -2.21. The molecule has 1 atom stereocenters. The van der Waals surface area contributed by atoms with Crippen molar-refractivity contribution in [3.05, 3.63) is 29.8 Å². The highest BCUT2D eigenvalue weighted by molar-refractivity contribution is 5.85. The van der Waals surface area contributed by atoms with Gasteiger partial charge in [-0.3, -0.25) is 4.79 Å².